The van der Waals surface area contributed by atoms with Gasteiger partial charge in [-0.2, -0.15) is 0 Å². The summed E-state index contributed by atoms with van der Waals surface area (Å²) in [6, 6.07) is 5.92. The summed E-state index contributed by atoms with van der Waals surface area (Å²) in [6.45, 7) is 1.97. The molecule has 1 aliphatic carbocycles. The van der Waals surface area contributed by atoms with E-state index in [1.165, 1.54) is 0 Å². The Balaban J connectivity index is 2.36. The fourth-order valence-electron chi connectivity index (χ4n) is 1.98. The van der Waals surface area contributed by atoms with E-state index in [2.05, 4.69) is 0 Å². The van der Waals surface area contributed by atoms with Crippen LogP contribution in [0.2, 0.25) is 0 Å². The van der Waals surface area contributed by atoms with E-state index in [4.69, 9.17) is 0 Å². The predicted octanol–water partition coefficient (Wildman–Crippen LogP) is 1.94. The highest BCUT2D eigenvalue weighted by Crippen LogP contribution is 2.28. The maximum atomic E-state index is 11.8. The number of carbonyl (C=O) groups is 2. The highest BCUT2D eigenvalue weighted by Gasteiger charge is 2.29. The first-order valence-electron chi connectivity index (χ1n) is 4.79. The lowest BCUT2D eigenvalue weighted by molar-refractivity contribution is -0.108. The molecule has 2 nitrogen and oxygen atoms in total. The Labute approximate surface area is 82.9 Å². The monoisotopic (exact) mass is 188 g/mol. The molecule has 1 aromatic carbocycles. The number of hydrogen-bond donors (Lipinski definition) is 0. The minimum absolute atomic E-state index is 0.107. The molecule has 0 bridgehead atoms. The van der Waals surface area contributed by atoms with Gasteiger partial charge in [0.1, 0.15) is 6.29 Å². The Morgan fingerprint density at radius 2 is 2.29 bits per heavy atom. The van der Waals surface area contributed by atoms with Gasteiger partial charge in [-0.3, -0.25) is 4.79 Å². The van der Waals surface area contributed by atoms with Gasteiger partial charge in [0, 0.05) is 17.9 Å². The molecule has 0 fully saturated rings. The number of hydrogen-bond acceptors (Lipinski definition) is 2. The molecule has 0 spiro atoms. The van der Waals surface area contributed by atoms with Gasteiger partial charge in [-0.1, -0.05) is 17.7 Å². The molecule has 2 rings (SSSR count). The van der Waals surface area contributed by atoms with E-state index in [-0.39, 0.29) is 11.7 Å². The van der Waals surface area contributed by atoms with Crippen molar-refractivity contribution >= 4 is 12.1 Å². The van der Waals surface area contributed by atoms with Crippen LogP contribution in [-0.4, -0.2) is 12.1 Å². The van der Waals surface area contributed by atoms with Crippen molar-refractivity contribution in [2.24, 2.45) is 5.92 Å². The third kappa shape index (κ3) is 1.37. The van der Waals surface area contributed by atoms with Gasteiger partial charge in [-0.25, -0.2) is 0 Å². The van der Waals surface area contributed by atoms with Crippen LogP contribution in [0, 0.1) is 12.8 Å². The lowest BCUT2D eigenvalue weighted by Gasteiger charge is -1.99. The normalized spacial score (nSPS) is 19.5. The maximum Gasteiger partial charge on any atom is 0.166 e. The van der Waals surface area contributed by atoms with Crippen LogP contribution in [0.25, 0.3) is 0 Å². The predicted molar refractivity (Wildman–Crippen MR) is 53.4 cm³/mol. The van der Waals surface area contributed by atoms with Gasteiger partial charge in [0.15, 0.2) is 5.78 Å². The number of rotatable bonds is 2. The second-order valence-electron chi connectivity index (χ2n) is 3.83. The zero-order valence-corrected chi connectivity index (χ0v) is 8.12. The summed E-state index contributed by atoms with van der Waals surface area (Å²) in [6.07, 6.45) is 1.92. The van der Waals surface area contributed by atoms with E-state index in [9.17, 15) is 9.59 Å². The van der Waals surface area contributed by atoms with Crippen molar-refractivity contribution in [3.8, 4) is 0 Å². The molecular formula is C12H12O2. The smallest absolute Gasteiger partial charge is 0.166 e. The quantitative estimate of drug-likeness (QED) is 0.665. The van der Waals surface area contributed by atoms with Crippen molar-refractivity contribution in [3.05, 3.63) is 34.9 Å². The Hall–Kier alpha value is -1.44. The first-order valence-corrected chi connectivity index (χ1v) is 4.79. The summed E-state index contributed by atoms with van der Waals surface area (Å²) in [5.41, 5.74) is 3.01. The fraction of sp³-hybridized carbons (Fsp3) is 0.333. The van der Waals surface area contributed by atoms with Crippen molar-refractivity contribution in [2.75, 3.05) is 0 Å². The van der Waals surface area contributed by atoms with Crippen LogP contribution in [0.1, 0.15) is 27.9 Å². The van der Waals surface area contributed by atoms with Crippen molar-refractivity contribution in [1.29, 1.82) is 0 Å². The van der Waals surface area contributed by atoms with Crippen LogP contribution >= 0.6 is 0 Å². The largest absolute Gasteiger partial charge is 0.303 e. The first kappa shape index (κ1) is 9.13. The number of aryl methyl sites for hydroxylation is 1. The highest BCUT2D eigenvalue weighted by atomic mass is 16.1. The molecule has 0 aromatic heterocycles. The van der Waals surface area contributed by atoms with Gasteiger partial charge in [0.2, 0.25) is 0 Å². The fourth-order valence-corrected chi connectivity index (χ4v) is 1.98. The highest BCUT2D eigenvalue weighted by molar-refractivity contribution is 6.03. The zero-order chi connectivity index (χ0) is 10.1. The summed E-state index contributed by atoms with van der Waals surface area (Å²) in [4.78, 5) is 22.2. The molecule has 0 N–H and O–H groups in total. The lowest BCUT2D eigenvalue weighted by Crippen LogP contribution is -2.09. The van der Waals surface area contributed by atoms with Crippen LogP contribution in [0.15, 0.2) is 18.2 Å². The van der Waals surface area contributed by atoms with Gasteiger partial charge >= 0.3 is 0 Å². The van der Waals surface area contributed by atoms with E-state index in [1.54, 1.807) is 0 Å². The second kappa shape index (κ2) is 3.37. The molecule has 0 aliphatic heterocycles. The molecule has 2 heteroatoms. The molecule has 0 amide bonds. The molecule has 1 aliphatic rings. The number of ketones is 1. The van der Waals surface area contributed by atoms with E-state index >= 15 is 0 Å². The number of carbonyl (C=O) groups excluding carboxylic acids is 2. The molecule has 0 radical (unpaired) electrons. The van der Waals surface area contributed by atoms with Gasteiger partial charge in [-0.05, 0) is 25.0 Å². The average molecular weight is 188 g/mol. The van der Waals surface area contributed by atoms with Crippen molar-refractivity contribution in [1.82, 2.24) is 0 Å². The molecule has 1 atom stereocenters. The summed E-state index contributed by atoms with van der Waals surface area (Å²) in [7, 11) is 0. The number of aldehydes is 1. The molecule has 14 heavy (non-hydrogen) atoms. The van der Waals surface area contributed by atoms with Crippen LogP contribution in [0.4, 0.5) is 0 Å². The second-order valence-corrected chi connectivity index (χ2v) is 3.83. The van der Waals surface area contributed by atoms with E-state index < -0.39 is 0 Å². The first-order chi connectivity index (χ1) is 6.72. The minimum Gasteiger partial charge on any atom is -0.303 e. The van der Waals surface area contributed by atoms with Crippen molar-refractivity contribution < 1.29 is 9.59 Å². The lowest BCUT2D eigenvalue weighted by atomic mass is 10.0. The van der Waals surface area contributed by atoms with Gasteiger partial charge in [0.25, 0.3) is 0 Å². The Morgan fingerprint density at radius 1 is 1.50 bits per heavy atom. The summed E-state index contributed by atoms with van der Waals surface area (Å²) < 4.78 is 0. The standard InChI is InChI=1S/C12H12O2/c1-8-2-3-9-7-10(4-5-13)12(14)11(9)6-8/h2-3,5-6,10H,4,7H2,1H3/t10-/m1/s1. The molecule has 0 saturated carbocycles. The number of Topliss-reactive ketones (excluding diaryl/α,β-unsaturated/α-hetero) is 1. The maximum absolute atomic E-state index is 11.8. The summed E-state index contributed by atoms with van der Waals surface area (Å²) in [5.74, 6) is 0.0279. The third-order valence-corrected chi connectivity index (χ3v) is 2.75. The average Bonchev–Trinajstić information content (AvgIpc) is 2.46. The van der Waals surface area contributed by atoms with Crippen LogP contribution in [-0.2, 0) is 11.2 Å². The van der Waals surface area contributed by atoms with E-state index in [0.717, 1.165) is 29.4 Å². The third-order valence-electron chi connectivity index (χ3n) is 2.75. The van der Waals surface area contributed by atoms with E-state index in [1.807, 2.05) is 25.1 Å². The zero-order valence-electron chi connectivity index (χ0n) is 8.12. The summed E-state index contributed by atoms with van der Waals surface area (Å²) >= 11 is 0. The molecule has 1 aromatic rings. The number of fused-ring (bicyclic) bond motifs is 1. The van der Waals surface area contributed by atoms with Crippen LogP contribution in [0.3, 0.4) is 0 Å². The van der Waals surface area contributed by atoms with Crippen molar-refractivity contribution in [2.45, 2.75) is 19.8 Å². The van der Waals surface area contributed by atoms with Crippen LogP contribution < -0.4 is 0 Å². The Morgan fingerprint density at radius 3 is 3.00 bits per heavy atom. The van der Waals surface area contributed by atoms with Gasteiger partial charge in [0.05, 0.1) is 0 Å². The van der Waals surface area contributed by atoms with E-state index in [0.29, 0.717) is 6.42 Å². The molecule has 72 valence electrons. The topological polar surface area (TPSA) is 34.1 Å². The van der Waals surface area contributed by atoms with Gasteiger partial charge < -0.3 is 4.79 Å². The van der Waals surface area contributed by atoms with Gasteiger partial charge in [-0.15, -0.1) is 0 Å². The molecule has 0 unspecified atom stereocenters. The molecule has 0 heterocycles. The molecular weight excluding hydrogens is 176 g/mol. The Kier molecular flexibility index (Phi) is 2.20. The number of benzene rings is 1. The SMILES string of the molecule is Cc1ccc2c(c1)C(=O)[C@H](CC=O)C2. The summed E-state index contributed by atoms with van der Waals surface area (Å²) in [5, 5.41) is 0. The molecule has 0 saturated heterocycles. The Bertz CT molecular complexity index is 393. The minimum atomic E-state index is -0.107. The van der Waals surface area contributed by atoms with Crippen LogP contribution in [0.5, 0.6) is 0 Å². The van der Waals surface area contributed by atoms with Crippen molar-refractivity contribution in [3.63, 3.8) is 0 Å².